The molecule has 2 heteroatoms. The third-order valence-electron chi connectivity index (χ3n) is 0.161. The van der Waals surface area contributed by atoms with Gasteiger partial charge in [0.25, 0.3) is 0 Å². The van der Waals surface area contributed by atoms with E-state index in [0.29, 0.717) is 0 Å². The molecular weight excluding hydrogens is 66.0 g/mol. The first-order valence-electron chi connectivity index (χ1n) is 1.65. The van der Waals surface area contributed by atoms with Crippen molar-refractivity contribution in [3.63, 3.8) is 0 Å². The predicted molar refractivity (Wildman–Crippen MR) is 19.4 cm³/mol. The van der Waals surface area contributed by atoms with E-state index >= 15 is 0 Å². The number of hydrogen-bond acceptors (Lipinski definition) is 1. The molecule has 0 aromatic carbocycles. The van der Waals surface area contributed by atoms with Crippen molar-refractivity contribution in [3.05, 3.63) is 12.8 Å². The van der Waals surface area contributed by atoms with Crippen molar-refractivity contribution in [2.75, 3.05) is 0 Å². The van der Waals surface area contributed by atoms with Crippen molar-refractivity contribution in [2.24, 2.45) is 0 Å². The minimum Gasteiger partial charge on any atom is -0.336 e. The molecule has 2 nitrogen and oxygen atoms in total. The first-order valence-corrected chi connectivity index (χ1v) is 1.15. The maximum absolute atomic E-state index is 9.53. The van der Waals surface area contributed by atoms with Crippen LogP contribution in [0, 0.1) is 0 Å². The van der Waals surface area contributed by atoms with Crippen LogP contribution < -0.4 is 5.32 Å². The van der Waals surface area contributed by atoms with Gasteiger partial charge < -0.3 is 5.32 Å². The molecule has 0 aliphatic carbocycles. The monoisotopic (exact) mass is 72.0 g/mol. The highest BCUT2D eigenvalue weighted by Gasteiger charge is 1.50. The maximum Gasteiger partial charge on any atom is 0.211 e. The molecule has 28 valence electrons. The Hall–Kier alpha value is -0.790. The summed E-state index contributed by atoms with van der Waals surface area (Å²) < 4.78 is 6.16. The molecule has 0 bridgehead atoms. The number of carbonyl (C=O) groups is 1. The van der Waals surface area contributed by atoms with Crippen molar-refractivity contribution in [1.82, 2.24) is 5.32 Å². The zero-order valence-electron chi connectivity index (χ0n) is 3.69. The molecule has 5 heavy (non-hydrogen) atoms. The Kier molecular flexibility index (Phi) is 1.57. The average Bonchev–Trinajstić information content (AvgIpc) is 1.35. The lowest BCUT2D eigenvalue weighted by atomic mass is 11.0. The molecule has 0 saturated carbocycles. The highest BCUT2D eigenvalue weighted by molar-refractivity contribution is 5.47. The normalized spacial score (nSPS) is 8.40. The number of rotatable bonds is 1. The van der Waals surface area contributed by atoms with Crippen LogP contribution in [0.4, 0.5) is 0 Å². The van der Waals surface area contributed by atoms with Gasteiger partial charge in [-0.3, -0.25) is 4.79 Å². The molecule has 0 atom stereocenters. The fourth-order valence-corrected chi connectivity index (χ4v) is 0.0417. The summed E-state index contributed by atoms with van der Waals surface area (Å²) in [5.41, 5.74) is 0. The molecule has 0 aromatic rings. The van der Waals surface area contributed by atoms with E-state index in [0.717, 1.165) is 6.20 Å². The lowest BCUT2D eigenvalue weighted by molar-refractivity contribution is -0.108. The van der Waals surface area contributed by atoms with Crippen LogP contribution in [0.15, 0.2) is 12.8 Å². The quantitative estimate of drug-likeness (QED) is 0.430. The van der Waals surface area contributed by atoms with Crippen molar-refractivity contribution in [2.45, 2.75) is 0 Å². The summed E-state index contributed by atoms with van der Waals surface area (Å²) in [7, 11) is 0. The second kappa shape index (κ2) is 3.21. The lowest BCUT2D eigenvalue weighted by Gasteiger charge is -1.70. The van der Waals surface area contributed by atoms with Crippen molar-refractivity contribution in [3.8, 4) is 0 Å². The van der Waals surface area contributed by atoms with Gasteiger partial charge in [0.1, 0.15) is 1.37 Å². The molecule has 1 amide bonds. The molecule has 0 aliphatic heterocycles. The largest absolute Gasteiger partial charge is 0.336 e. The highest BCUT2D eigenvalue weighted by Crippen LogP contribution is 1.35. The summed E-state index contributed by atoms with van der Waals surface area (Å²) in [6.45, 7) is 3.15. The van der Waals surface area contributed by atoms with E-state index in [4.69, 9.17) is 1.37 Å². The van der Waals surface area contributed by atoms with Crippen LogP contribution in [0.2, 0.25) is 0 Å². The molecule has 0 heterocycles. The molecular formula is C3H5NO. The lowest BCUT2D eigenvalue weighted by Crippen LogP contribution is -1.96. The van der Waals surface area contributed by atoms with Gasteiger partial charge in [-0.1, -0.05) is 6.58 Å². The number of hydrogen-bond donors (Lipinski definition) is 1. The van der Waals surface area contributed by atoms with E-state index in [1.807, 2.05) is 5.32 Å². The summed E-state index contributed by atoms with van der Waals surface area (Å²) >= 11 is 0. The van der Waals surface area contributed by atoms with Gasteiger partial charge in [-0.05, 0) is 6.20 Å². The molecule has 0 radical (unpaired) electrons. The van der Waals surface area contributed by atoms with Gasteiger partial charge in [0.15, 0.2) is 0 Å². The van der Waals surface area contributed by atoms with Crippen LogP contribution >= 0.6 is 0 Å². The van der Waals surface area contributed by atoms with E-state index in [2.05, 4.69) is 6.58 Å². The zero-order chi connectivity index (χ0) is 4.99. The second-order valence-electron chi connectivity index (χ2n) is 0.451. The summed E-state index contributed by atoms with van der Waals surface area (Å²) in [4.78, 5) is 9.53. The molecule has 0 unspecified atom stereocenters. The predicted octanol–water partition coefficient (Wildman–Crippen LogP) is -0.124. The van der Waals surface area contributed by atoms with Crippen LogP contribution in [0.3, 0.4) is 0 Å². The average molecular weight is 72.1 g/mol. The van der Waals surface area contributed by atoms with Crippen LogP contribution in [0.1, 0.15) is 1.37 Å². The van der Waals surface area contributed by atoms with Crippen LogP contribution in [-0.2, 0) is 4.79 Å². The van der Waals surface area contributed by atoms with E-state index in [9.17, 15) is 4.79 Å². The summed E-state index contributed by atoms with van der Waals surface area (Å²) in [5, 5.41) is 2.00. The van der Waals surface area contributed by atoms with Gasteiger partial charge in [0.05, 0.1) is 0 Å². The van der Waals surface area contributed by atoms with Crippen molar-refractivity contribution < 1.29 is 6.17 Å². The Bertz CT molecular complexity index is 71.2. The molecule has 1 N–H and O–H groups in total. The van der Waals surface area contributed by atoms with Crippen LogP contribution in [0.25, 0.3) is 0 Å². The molecule has 0 spiro atoms. The molecule has 0 aliphatic rings. The number of carbonyl (C=O) groups excluding carboxylic acids is 1. The van der Waals surface area contributed by atoms with E-state index in [1.54, 1.807) is 0 Å². The Morgan fingerprint density at radius 2 is 2.80 bits per heavy atom. The van der Waals surface area contributed by atoms with E-state index in [-0.39, 0.29) is 0 Å². The Morgan fingerprint density at radius 1 is 2.20 bits per heavy atom. The molecule has 0 aromatic heterocycles. The minimum atomic E-state index is -0.829. The van der Waals surface area contributed by atoms with Crippen molar-refractivity contribution >= 4 is 6.39 Å². The smallest absolute Gasteiger partial charge is 0.211 e. The number of nitrogens with one attached hydrogen (secondary N) is 1. The maximum atomic E-state index is 9.53. The third-order valence-corrected chi connectivity index (χ3v) is 0.161. The Balaban J connectivity index is 3.05. The van der Waals surface area contributed by atoms with E-state index in [1.165, 1.54) is 0 Å². The van der Waals surface area contributed by atoms with Gasteiger partial charge in [-0.2, -0.15) is 0 Å². The minimum absolute atomic E-state index is 0.829. The van der Waals surface area contributed by atoms with Gasteiger partial charge >= 0.3 is 0 Å². The Labute approximate surface area is 31.9 Å². The first kappa shape index (κ1) is 2.45. The second-order valence-corrected chi connectivity index (χ2v) is 0.451. The van der Waals surface area contributed by atoms with Crippen LogP contribution in [-0.4, -0.2) is 6.39 Å². The summed E-state index contributed by atoms with van der Waals surface area (Å²) in [5.74, 6) is 0. The standard InChI is InChI=1S/C3H5NO/c1-2-4-3-5/h2-3H,1H2,(H,4,5)/i3D. The highest BCUT2D eigenvalue weighted by atomic mass is 16.1. The van der Waals surface area contributed by atoms with Gasteiger partial charge in [-0.25, -0.2) is 0 Å². The topological polar surface area (TPSA) is 29.1 Å². The van der Waals surface area contributed by atoms with Gasteiger partial charge in [0, 0.05) is 0 Å². The summed E-state index contributed by atoms with van der Waals surface area (Å²) in [6, 6.07) is 0. The van der Waals surface area contributed by atoms with Gasteiger partial charge in [-0.15, -0.1) is 0 Å². The molecule has 0 rings (SSSR count). The summed E-state index contributed by atoms with van der Waals surface area (Å²) in [6.07, 6.45) is 0.333. The van der Waals surface area contributed by atoms with Gasteiger partial charge in [0.2, 0.25) is 6.39 Å². The fourth-order valence-electron chi connectivity index (χ4n) is 0.0417. The SMILES string of the molecule is [2H]C(=O)NC=C. The fraction of sp³-hybridized carbons (Fsp3) is 0. The van der Waals surface area contributed by atoms with Crippen molar-refractivity contribution in [1.29, 1.82) is 0 Å². The van der Waals surface area contributed by atoms with E-state index < -0.39 is 6.39 Å². The van der Waals surface area contributed by atoms with Crippen LogP contribution in [0.5, 0.6) is 0 Å². The Morgan fingerprint density at radius 3 is 2.80 bits per heavy atom. The first-order chi connectivity index (χ1) is 2.77. The number of amides is 1. The molecule has 0 saturated heterocycles. The third kappa shape index (κ3) is 3.21. The zero-order valence-corrected chi connectivity index (χ0v) is 2.69. The molecule has 0 fully saturated rings.